The normalized spacial score (nSPS) is 11.6. The number of amides is 1. The summed E-state index contributed by atoms with van der Waals surface area (Å²) in [5.74, 6) is -0.779. The van der Waals surface area contributed by atoms with E-state index in [1.807, 2.05) is 30.7 Å². The van der Waals surface area contributed by atoms with E-state index in [9.17, 15) is 18.0 Å². The zero-order valence-corrected chi connectivity index (χ0v) is 14.0. The number of nitrogens with zero attached hydrogens (tertiary/aromatic N) is 3. The Morgan fingerprint density at radius 2 is 1.88 bits per heavy atom. The molecule has 0 fully saturated rings. The van der Waals surface area contributed by atoms with Gasteiger partial charge in [-0.15, -0.1) is 0 Å². The Labute approximate surface area is 146 Å². The van der Waals surface area contributed by atoms with Crippen LogP contribution in [0.3, 0.4) is 0 Å². The van der Waals surface area contributed by atoms with Crippen LogP contribution in [0.2, 0.25) is 0 Å². The third-order valence-electron chi connectivity index (χ3n) is 4.00. The highest BCUT2D eigenvalue weighted by atomic mass is 19.4. The summed E-state index contributed by atoms with van der Waals surface area (Å²) in [6.07, 6.45) is -4.42. The lowest BCUT2D eigenvalue weighted by Crippen LogP contribution is -2.24. The van der Waals surface area contributed by atoms with Crippen LogP contribution >= 0.6 is 0 Å². The van der Waals surface area contributed by atoms with Crippen molar-refractivity contribution in [3.8, 4) is 11.4 Å². The maximum atomic E-state index is 12.6. The number of alkyl halides is 3. The lowest BCUT2D eigenvalue weighted by atomic mass is 10.1. The van der Waals surface area contributed by atoms with E-state index < -0.39 is 17.6 Å². The monoisotopic (exact) mass is 364 g/mol. The second-order valence-corrected chi connectivity index (χ2v) is 5.71. The molecule has 26 heavy (non-hydrogen) atoms. The molecule has 0 aliphatic carbocycles. The maximum Gasteiger partial charge on any atom is 0.416 e. The molecule has 136 valence electrons. The molecule has 0 saturated carbocycles. The quantitative estimate of drug-likeness (QED) is 0.771. The van der Waals surface area contributed by atoms with Gasteiger partial charge >= 0.3 is 18.0 Å². The van der Waals surface area contributed by atoms with Gasteiger partial charge < -0.3 is 14.4 Å². The average molecular weight is 364 g/mol. The molecule has 1 aromatic carbocycles. The van der Waals surface area contributed by atoms with Crippen molar-refractivity contribution in [2.24, 2.45) is 7.05 Å². The van der Waals surface area contributed by atoms with Crippen molar-refractivity contribution in [2.75, 3.05) is 0 Å². The number of aryl methyl sites for hydroxylation is 1. The van der Waals surface area contributed by atoms with Crippen molar-refractivity contribution in [1.29, 1.82) is 0 Å². The molecular formula is C17H15F3N4O2. The van der Waals surface area contributed by atoms with Crippen LogP contribution in [-0.4, -0.2) is 20.6 Å². The number of nitrogens with one attached hydrogen (secondary N) is 1. The van der Waals surface area contributed by atoms with Crippen LogP contribution in [0.25, 0.3) is 11.4 Å². The first-order valence-corrected chi connectivity index (χ1v) is 7.66. The summed E-state index contributed by atoms with van der Waals surface area (Å²) in [6, 6.07) is 8.10. The van der Waals surface area contributed by atoms with E-state index in [0.717, 1.165) is 23.5 Å². The number of hydrogen-bond donors (Lipinski definition) is 1. The van der Waals surface area contributed by atoms with E-state index in [1.54, 1.807) is 0 Å². The predicted molar refractivity (Wildman–Crippen MR) is 86.1 cm³/mol. The summed E-state index contributed by atoms with van der Waals surface area (Å²) in [5, 5.41) is 6.30. The lowest BCUT2D eigenvalue weighted by molar-refractivity contribution is -0.137. The minimum Gasteiger partial charge on any atom is -0.350 e. The molecule has 0 radical (unpaired) electrons. The van der Waals surface area contributed by atoms with E-state index in [4.69, 9.17) is 4.52 Å². The van der Waals surface area contributed by atoms with Gasteiger partial charge in [-0.3, -0.25) is 4.79 Å². The zero-order chi connectivity index (χ0) is 18.9. The van der Waals surface area contributed by atoms with Gasteiger partial charge in [-0.25, -0.2) is 0 Å². The van der Waals surface area contributed by atoms with Crippen LogP contribution in [0.4, 0.5) is 13.2 Å². The Morgan fingerprint density at radius 3 is 2.46 bits per heavy atom. The van der Waals surface area contributed by atoms with E-state index in [0.29, 0.717) is 5.56 Å². The van der Waals surface area contributed by atoms with Crippen LogP contribution < -0.4 is 5.32 Å². The van der Waals surface area contributed by atoms with Crippen molar-refractivity contribution in [3.05, 3.63) is 59.2 Å². The standard InChI is InChI=1S/C17H15F3N4O2/c1-10-3-8-13(24(10)2)9-21-15(25)16-22-14(23-26-16)11-4-6-12(7-5-11)17(18,19)20/h3-8H,9H2,1-2H3,(H,21,25). The first kappa shape index (κ1) is 17.7. The molecule has 6 nitrogen and oxygen atoms in total. The van der Waals surface area contributed by atoms with Crippen molar-refractivity contribution in [2.45, 2.75) is 19.6 Å². The van der Waals surface area contributed by atoms with E-state index >= 15 is 0 Å². The molecule has 1 N–H and O–H groups in total. The second kappa shape index (κ2) is 6.66. The molecule has 9 heteroatoms. The number of carbonyl (C=O) groups excluding carboxylic acids is 1. The highest BCUT2D eigenvalue weighted by Gasteiger charge is 2.30. The molecule has 1 amide bonds. The Morgan fingerprint density at radius 1 is 1.19 bits per heavy atom. The highest BCUT2D eigenvalue weighted by molar-refractivity contribution is 5.89. The van der Waals surface area contributed by atoms with Crippen LogP contribution in [0.1, 0.15) is 27.6 Å². The van der Waals surface area contributed by atoms with Gasteiger partial charge in [0.25, 0.3) is 0 Å². The number of aromatic nitrogens is 3. The zero-order valence-electron chi connectivity index (χ0n) is 14.0. The fourth-order valence-corrected chi connectivity index (χ4v) is 2.33. The Balaban J connectivity index is 1.69. The molecule has 0 aliphatic heterocycles. The summed E-state index contributed by atoms with van der Waals surface area (Å²) in [6.45, 7) is 2.22. The predicted octanol–water partition coefficient (Wildman–Crippen LogP) is 3.33. The third-order valence-corrected chi connectivity index (χ3v) is 4.00. The van der Waals surface area contributed by atoms with Crippen LogP contribution in [0.15, 0.2) is 40.9 Å². The van der Waals surface area contributed by atoms with Crippen molar-refractivity contribution >= 4 is 5.91 Å². The lowest BCUT2D eigenvalue weighted by Gasteiger charge is -2.06. The van der Waals surface area contributed by atoms with Gasteiger partial charge in [0, 0.05) is 24.0 Å². The van der Waals surface area contributed by atoms with Gasteiger partial charge in [0.1, 0.15) is 0 Å². The smallest absolute Gasteiger partial charge is 0.350 e. The molecule has 0 unspecified atom stereocenters. The van der Waals surface area contributed by atoms with Gasteiger partial charge in [-0.1, -0.05) is 17.3 Å². The number of carbonyl (C=O) groups is 1. The number of benzene rings is 1. The van der Waals surface area contributed by atoms with Gasteiger partial charge in [0.15, 0.2) is 0 Å². The highest BCUT2D eigenvalue weighted by Crippen LogP contribution is 2.30. The Kier molecular flexibility index (Phi) is 4.54. The Bertz CT molecular complexity index is 926. The molecule has 3 aromatic rings. The summed E-state index contributed by atoms with van der Waals surface area (Å²) >= 11 is 0. The fraction of sp³-hybridized carbons (Fsp3) is 0.235. The SMILES string of the molecule is Cc1ccc(CNC(=O)c2nc(-c3ccc(C(F)(F)F)cc3)no2)n1C. The van der Waals surface area contributed by atoms with Crippen LogP contribution in [-0.2, 0) is 19.8 Å². The molecule has 0 bridgehead atoms. The van der Waals surface area contributed by atoms with E-state index in [1.165, 1.54) is 12.1 Å². The Hall–Kier alpha value is -3.10. The molecule has 2 heterocycles. The third kappa shape index (κ3) is 3.61. The maximum absolute atomic E-state index is 12.6. The number of halogens is 3. The van der Waals surface area contributed by atoms with Crippen molar-refractivity contribution in [1.82, 2.24) is 20.0 Å². The first-order valence-electron chi connectivity index (χ1n) is 7.66. The number of rotatable bonds is 4. The van der Waals surface area contributed by atoms with Gasteiger partial charge in [-0.2, -0.15) is 18.2 Å². The first-order chi connectivity index (χ1) is 12.3. The minimum atomic E-state index is -4.42. The van der Waals surface area contributed by atoms with Gasteiger partial charge in [0.2, 0.25) is 5.82 Å². The topological polar surface area (TPSA) is 73.0 Å². The average Bonchev–Trinajstić information content (AvgIpc) is 3.21. The summed E-state index contributed by atoms with van der Waals surface area (Å²) in [7, 11) is 1.88. The summed E-state index contributed by atoms with van der Waals surface area (Å²) in [5.41, 5.74) is 1.49. The van der Waals surface area contributed by atoms with E-state index in [-0.39, 0.29) is 18.3 Å². The molecule has 0 atom stereocenters. The van der Waals surface area contributed by atoms with Crippen molar-refractivity contribution < 1.29 is 22.5 Å². The summed E-state index contributed by atoms with van der Waals surface area (Å²) in [4.78, 5) is 16.0. The second-order valence-electron chi connectivity index (χ2n) is 5.71. The molecular weight excluding hydrogens is 349 g/mol. The van der Waals surface area contributed by atoms with Gasteiger partial charge in [-0.05, 0) is 31.2 Å². The molecule has 0 spiro atoms. The fourth-order valence-electron chi connectivity index (χ4n) is 2.33. The summed E-state index contributed by atoms with van der Waals surface area (Å²) < 4.78 is 44.6. The van der Waals surface area contributed by atoms with Crippen LogP contribution in [0.5, 0.6) is 0 Å². The minimum absolute atomic E-state index is 0.0404. The molecule has 0 saturated heterocycles. The molecule has 3 rings (SSSR count). The van der Waals surface area contributed by atoms with Crippen molar-refractivity contribution in [3.63, 3.8) is 0 Å². The number of hydrogen-bond acceptors (Lipinski definition) is 4. The van der Waals surface area contributed by atoms with E-state index in [2.05, 4.69) is 15.5 Å². The van der Waals surface area contributed by atoms with Gasteiger partial charge in [0.05, 0.1) is 12.1 Å². The molecule has 0 aliphatic rings. The largest absolute Gasteiger partial charge is 0.416 e. The van der Waals surface area contributed by atoms with Crippen LogP contribution in [0, 0.1) is 6.92 Å². The molecule has 2 aromatic heterocycles.